The molecule has 0 heterocycles. The zero-order valence-electron chi connectivity index (χ0n) is 11.4. The van der Waals surface area contributed by atoms with E-state index >= 15 is 0 Å². The molecule has 0 saturated heterocycles. The summed E-state index contributed by atoms with van der Waals surface area (Å²) in [5, 5.41) is 18.6. The molecule has 0 amide bonds. The molecule has 0 aromatic heterocycles. The first-order valence-corrected chi connectivity index (χ1v) is 7.21. The third-order valence-corrected chi connectivity index (χ3v) is 4.16. The Morgan fingerprint density at radius 3 is 2.50 bits per heavy atom. The molecule has 2 aromatic rings. The van der Waals surface area contributed by atoms with Gasteiger partial charge in [0, 0.05) is 10.5 Å². The molecule has 0 saturated carbocycles. The highest BCUT2D eigenvalue weighted by Crippen LogP contribution is 2.27. The van der Waals surface area contributed by atoms with Gasteiger partial charge in [0.2, 0.25) is 0 Å². The van der Waals surface area contributed by atoms with Crippen LogP contribution in [0.15, 0.2) is 41.3 Å². The lowest BCUT2D eigenvalue weighted by Crippen LogP contribution is -2.02. The summed E-state index contributed by atoms with van der Waals surface area (Å²) in [4.78, 5) is 13.1. The molecule has 3 nitrogen and oxygen atoms in total. The molecule has 0 aliphatic carbocycles. The van der Waals surface area contributed by atoms with E-state index in [0.29, 0.717) is 11.3 Å². The Kier molecular flexibility index (Phi) is 4.35. The first kappa shape index (κ1) is 14.5. The van der Waals surface area contributed by atoms with Crippen LogP contribution in [0.3, 0.4) is 0 Å². The number of carbonyl (C=O) groups excluding carboxylic acids is 1. The van der Waals surface area contributed by atoms with E-state index in [1.807, 2.05) is 26.0 Å². The lowest BCUT2D eigenvalue weighted by Gasteiger charge is -2.07. The number of Topliss-reactive ketones (excluding diaryl/α,β-unsaturated/α-hetero) is 1. The van der Waals surface area contributed by atoms with Gasteiger partial charge in [-0.2, -0.15) is 0 Å². The van der Waals surface area contributed by atoms with Crippen molar-refractivity contribution >= 4 is 17.5 Å². The van der Waals surface area contributed by atoms with Crippen molar-refractivity contribution in [1.29, 1.82) is 0 Å². The number of hydrogen-bond acceptors (Lipinski definition) is 4. The number of thioether (sulfide) groups is 1. The number of phenolic OH excluding ortho intramolecular Hbond substituents is 2. The fourth-order valence-electron chi connectivity index (χ4n) is 1.79. The summed E-state index contributed by atoms with van der Waals surface area (Å²) in [5.41, 5.74) is 2.70. The maximum Gasteiger partial charge on any atom is 0.173 e. The maximum absolute atomic E-state index is 12.1. The Hall–Kier alpha value is -1.94. The quantitative estimate of drug-likeness (QED) is 0.512. The summed E-state index contributed by atoms with van der Waals surface area (Å²) >= 11 is 1.48. The van der Waals surface area contributed by atoms with Gasteiger partial charge in [-0.1, -0.05) is 17.7 Å². The predicted molar refractivity (Wildman–Crippen MR) is 80.7 cm³/mol. The summed E-state index contributed by atoms with van der Waals surface area (Å²) in [6, 6.07) is 10.3. The van der Waals surface area contributed by atoms with Crippen LogP contribution >= 0.6 is 11.8 Å². The van der Waals surface area contributed by atoms with Gasteiger partial charge in [-0.15, -0.1) is 11.8 Å². The smallest absolute Gasteiger partial charge is 0.173 e. The van der Waals surface area contributed by atoms with Crippen molar-refractivity contribution in [1.82, 2.24) is 0 Å². The normalized spacial score (nSPS) is 10.5. The Morgan fingerprint density at radius 1 is 1.05 bits per heavy atom. The molecule has 0 spiro atoms. The second kappa shape index (κ2) is 6.01. The average Bonchev–Trinajstić information content (AvgIpc) is 2.42. The van der Waals surface area contributed by atoms with Crippen LogP contribution in [0.1, 0.15) is 21.5 Å². The first-order valence-electron chi connectivity index (χ1n) is 6.22. The largest absolute Gasteiger partial charge is 0.504 e. The van der Waals surface area contributed by atoms with Gasteiger partial charge in [0.1, 0.15) is 0 Å². The Bertz CT molecular complexity index is 650. The molecule has 0 atom stereocenters. The highest BCUT2D eigenvalue weighted by atomic mass is 32.2. The van der Waals surface area contributed by atoms with Crippen LogP contribution in [0.2, 0.25) is 0 Å². The van der Waals surface area contributed by atoms with Crippen molar-refractivity contribution in [2.45, 2.75) is 18.7 Å². The zero-order valence-corrected chi connectivity index (χ0v) is 12.2. The summed E-state index contributed by atoms with van der Waals surface area (Å²) in [5.74, 6) is -0.267. The SMILES string of the molecule is Cc1ccc(C)c(SCC(=O)c2ccc(O)c(O)c2)c1. The molecule has 0 unspecified atom stereocenters. The van der Waals surface area contributed by atoms with Crippen LogP contribution in [0, 0.1) is 13.8 Å². The Labute approximate surface area is 122 Å². The topological polar surface area (TPSA) is 57.5 Å². The van der Waals surface area contributed by atoms with E-state index in [9.17, 15) is 15.0 Å². The number of aromatic hydroxyl groups is 2. The number of phenols is 2. The second-order valence-electron chi connectivity index (χ2n) is 4.68. The number of aryl methyl sites for hydroxylation is 2. The summed E-state index contributed by atoms with van der Waals surface area (Å²) in [7, 11) is 0. The van der Waals surface area contributed by atoms with Gasteiger partial charge in [-0.3, -0.25) is 4.79 Å². The van der Waals surface area contributed by atoms with Gasteiger partial charge in [0.15, 0.2) is 17.3 Å². The lowest BCUT2D eigenvalue weighted by atomic mass is 10.1. The van der Waals surface area contributed by atoms with Gasteiger partial charge < -0.3 is 10.2 Å². The van der Waals surface area contributed by atoms with Crippen LogP contribution in [0.25, 0.3) is 0 Å². The first-order chi connectivity index (χ1) is 9.47. The van der Waals surface area contributed by atoms with Crippen molar-refractivity contribution in [2.75, 3.05) is 5.75 Å². The van der Waals surface area contributed by atoms with Crippen LogP contribution in [0.4, 0.5) is 0 Å². The van der Waals surface area contributed by atoms with Crippen molar-refractivity contribution in [3.63, 3.8) is 0 Å². The van der Waals surface area contributed by atoms with E-state index in [4.69, 9.17) is 0 Å². The van der Waals surface area contributed by atoms with Crippen LogP contribution < -0.4 is 0 Å². The molecule has 2 rings (SSSR count). The molecule has 0 radical (unpaired) electrons. The third-order valence-electron chi connectivity index (χ3n) is 3.00. The molecule has 104 valence electrons. The molecule has 0 aliphatic heterocycles. The summed E-state index contributed by atoms with van der Waals surface area (Å²) < 4.78 is 0. The Morgan fingerprint density at radius 2 is 1.80 bits per heavy atom. The van der Waals surface area contributed by atoms with Crippen molar-refractivity contribution in [3.05, 3.63) is 53.1 Å². The van der Waals surface area contributed by atoms with Crippen LogP contribution in [-0.4, -0.2) is 21.7 Å². The average molecular weight is 288 g/mol. The van der Waals surface area contributed by atoms with Crippen molar-refractivity contribution in [2.24, 2.45) is 0 Å². The standard InChI is InChI=1S/C16H16O3S/c1-10-3-4-11(2)16(7-10)20-9-15(19)12-5-6-13(17)14(18)8-12/h3-8,17-18H,9H2,1-2H3. The highest BCUT2D eigenvalue weighted by Gasteiger charge is 2.10. The van der Waals surface area contributed by atoms with E-state index in [1.54, 1.807) is 0 Å². The number of rotatable bonds is 4. The van der Waals surface area contributed by atoms with E-state index in [-0.39, 0.29) is 17.3 Å². The van der Waals surface area contributed by atoms with Crippen LogP contribution in [0.5, 0.6) is 11.5 Å². The number of carbonyl (C=O) groups is 1. The molecule has 2 aromatic carbocycles. The van der Waals surface area contributed by atoms with E-state index in [0.717, 1.165) is 16.0 Å². The van der Waals surface area contributed by atoms with E-state index < -0.39 is 0 Å². The third kappa shape index (κ3) is 3.33. The zero-order chi connectivity index (χ0) is 14.7. The maximum atomic E-state index is 12.1. The molecular weight excluding hydrogens is 272 g/mol. The minimum atomic E-state index is -0.271. The fraction of sp³-hybridized carbons (Fsp3) is 0.188. The summed E-state index contributed by atoms with van der Waals surface area (Å²) in [6.07, 6.45) is 0. The molecule has 20 heavy (non-hydrogen) atoms. The molecule has 0 fully saturated rings. The van der Waals surface area contributed by atoms with Gasteiger partial charge in [-0.25, -0.2) is 0 Å². The number of benzene rings is 2. The van der Waals surface area contributed by atoms with Gasteiger partial charge in [0.05, 0.1) is 5.75 Å². The molecule has 4 heteroatoms. The molecule has 0 aliphatic rings. The summed E-state index contributed by atoms with van der Waals surface area (Å²) in [6.45, 7) is 4.03. The minimum Gasteiger partial charge on any atom is -0.504 e. The van der Waals surface area contributed by atoms with E-state index in [1.165, 1.54) is 30.0 Å². The van der Waals surface area contributed by atoms with Crippen molar-refractivity contribution < 1.29 is 15.0 Å². The predicted octanol–water partition coefficient (Wildman–Crippen LogP) is 3.69. The van der Waals surface area contributed by atoms with Gasteiger partial charge in [0.25, 0.3) is 0 Å². The molecule has 2 N–H and O–H groups in total. The van der Waals surface area contributed by atoms with Gasteiger partial charge in [-0.05, 0) is 43.7 Å². The molecule has 0 bridgehead atoms. The highest BCUT2D eigenvalue weighted by molar-refractivity contribution is 8.00. The fourth-order valence-corrected chi connectivity index (χ4v) is 2.80. The monoisotopic (exact) mass is 288 g/mol. The number of ketones is 1. The Balaban J connectivity index is 2.08. The minimum absolute atomic E-state index is 0.0776. The second-order valence-corrected chi connectivity index (χ2v) is 5.70. The van der Waals surface area contributed by atoms with Crippen LogP contribution in [-0.2, 0) is 0 Å². The molecular formula is C16H16O3S. The lowest BCUT2D eigenvalue weighted by molar-refractivity contribution is 0.102. The number of hydrogen-bond donors (Lipinski definition) is 2. The van der Waals surface area contributed by atoms with Crippen molar-refractivity contribution in [3.8, 4) is 11.5 Å². The van der Waals surface area contributed by atoms with Gasteiger partial charge >= 0.3 is 0 Å². The van der Waals surface area contributed by atoms with E-state index in [2.05, 4.69) is 6.07 Å².